The molecule has 0 amide bonds. The van der Waals surface area contributed by atoms with E-state index in [1.807, 2.05) is 0 Å². The summed E-state index contributed by atoms with van der Waals surface area (Å²) in [4.78, 5) is 21.1. The minimum atomic E-state index is -1.03. The third-order valence-electron chi connectivity index (χ3n) is 1.49. The van der Waals surface area contributed by atoms with Crippen molar-refractivity contribution in [3.63, 3.8) is 0 Å². The van der Waals surface area contributed by atoms with Crippen LogP contribution in [-0.4, -0.2) is 29.0 Å². The Kier molecular flexibility index (Phi) is 5.95. The summed E-state index contributed by atoms with van der Waals surface area (Å²) in [6, 6.07) is 0. The fraction of sp³-hybridized carbons (Fsp3) is 0.556. The second-order valence-electron chi connectivity index (χ2n) is 2.80. The van der Waals surface area contributed by atoms with Crippen LogP contribution in [0.5, 0.6) is 0 Å². The average molecular weight is 221 g/mol. The second kappa shape index (κ2) is 6.43. The summed E-state index contributed by atoms with van der Waals surface area (Å²) in [5.74, 6) is -1.52. The number of esters is 1. The molecule has 4 nitrogen and oxygen atoms in total. The number of aliphatic carboxylic acids is 1. The van der Waals surface area contributed by atoms with E-state index in [9.17, 15) is 9.59 Å². The van der Waals surface area contributed by atoms with Crippen LogP contribution in [-0.2, 0) is 14.3 Å². The maximum absolute atomic E-state index is 10.8. The fourth-order valence-corrected chi connectivity index (χ4v) is 0.743. The predicted molar refractivity (Wildman–Crippen MR) is 52.3 cm³/mol. The first-order valence-electron chi connectivity index (χ1n) is 4.17. The number of hydrogen-bond donors (Lipinski definition) is 1. The molecule has 1 unspecified atom stereocenters. The van der Waals surface area contributed by atoms with Crippen LogP contribution >= 0.6 is 11.6 Å². The number of carboxylic acid groups (broad SMARTS) is 1. The van der Waals surface area contributed by atoms with Gasteiger partial charge in [0.05, 0.1) is 6.61 Å². The molecule has 0 rings (SSSR count). The summed E-state index contributed by atoms with van der Waals surface area (Å²) < 4.78 is 4.73. The van der Waals surface area contributed by atoms with Crippen LogP contribution < -0.4 is 0 Å². The Hall–Kier alpha value is -1.03. The maximum Gasteiger partial charge on any atom is 0.330 e. The van der Waals surface area contributed by atoms with E-state index < -0.39 is 17.3 Å². The number of carbonyl (C=O) groups is 2. The van der Waals surface area contributed by atoms with Crippen LogP contribution in [0.15, 0.2) is 12.2 Å². The standard InChI is InChI=1S/C9H13ClO4/c1-6(8(11)12)4-3-5-14-9(13)7(2)10/h7H,1,3-5H2,2H3,(H,11,12). The first kappa shape index (κ1) is 13.0. The van der Waals surface area contributed by atoms with Crippen molar-refractivity contribution in [3.05, 3.63) is 12.2 Å². The molecule has 0 aliphatic carbocycles. The predicted octanol–water partition coefficient (Wildman–Crippen LogP) is 1.58. The smallest absolute Gasteiger partial charge is 0.330 e. The fourth-order valence-electron chi connectivity index (χ4n) is 0.680. The SMILES string of the molecule is C=C(CCCOC(=O)C(C)Cl)C(=O)O. The molecule has 0 bridgehead atoms. The van der Waals surface area contributed by atoms with Crippen LogP contribution in [0.3, 0.4) is 0 Å². The number of carbonyl (C=O) groups excluding carboxylic acids is 1. The molecule has 0 fully saturated rings. The Labute approximate surface area is 87.5 Å². The lowest BCUT2D eigenvalue weighted by atomic mass is 10.2. The van der Waals surface area contributed by atoms with Crippen molar-refractivity contribution < 1.29 is 19.4 Å². The molecule has 1 atom stereocenters. The lowest BCUT2D eigenvalue weighted by Gasteiger charge is -2.05. The first-order valence-corrected chi connectivity index (χ1v) is 4.60. The van der Waals surface area contributed by atoms with Gasteiger partial charge in [-0.2, -0.15) is 0 Å². The third-order valence-corrected chi connectivity index (χ3v) is 1.67. The van der Waals surface area contributed by atoms with Gasteiger partial charge in [-0.25, -0.2) is 4.79 Å². The summed E-state index contributed by atoms with van der Waals surface area (Å²) in [5, 5.41) is 7.78. The molecule has 0 spiro atoms. The Balaban J connectivity index is 3.52. The van der Waals surface area contributed by atoms with Gasteiger partial charge in [-0.15, -0.1) is 11.6 Å². The summed E-state index contributed by atoms with van der Waals surface area (Å²) in [6.45, 7) is 5.02. The van der Waals surface area contributed by atoms with E-state index >= 15 is 0 Å². The summed E-state index contributed by atoms with van der Waals surface area (Å²) in [7, 11) is 0. The zero-order valence-corrected chi connectivity index (χ0v) is 8.71. The highest BCUT2D eigenvalue weighted by Crippen LogP contribution is 2.04. The van der Waals surface area contributed by atoms with E-state index in [0.29, 0.717) is 12.8 Å². The Morgan fingerprint density at radius 2 is 2.14 bits per heavy atom. The molecule has 0 heterocycles. The minimum absolute atomic E-state index is 0.111. The van der Waals surface area contributed by atoms with Crippen LogP contribution in [0, 0.1) is 0 Å². The highest BCUT2D eigenvalue weighted by Gasteiger charge is 2.10. The topological polar surface area (TPSA) is 63.6 Å². The average Bonchev–Trinajstić information content (AvgIpc) is 2.11. The molecule has 0 saturated heterocycles. The van der Waals surface area contributed by atoms with Crippen molar-refractivity contribution >= 4 is 23.5 Å². The van der Waals surface area contributed by atoms with E-state index in [2.05, 4.69) is 6.58 Å². The molecule has 5 heteroatoms. The Morgan fingerprint density at radius 3 is 2.57 bits per heavy atom. The molecule has 0 aliphatic rings. The molecule has 1 N–H and O–H groups in total. The maximum atomic E-state index is 10.8. The highest BCUT2D eigenvalue weighted by molar-refractivity contribution is 6.29. The Morgan fingerprint density at radius 1 is 1.57 bits per heavy atom. The van der Waals surface area contributed by atoms with Crippen LogP contribution in [0.4, 0.5) is 0 Å². The van der Waals surface area contributed by atoms with E-state index in [1.54, 1.807) is 0 Å². The van der Waals surface area contributed by atoms with Crippen molar-refractivity contribution in [2.24, 2.45) is 0 Å². The lowest BCUT2D eigenvalue weighted by Crippen LogP contribution is -2.15. The van der Waals surface area contributed by atoms with Crippen molar-refractivity contribution in [2.75, 3.05) is 6.61 Å². The van der Waals surface area contributed by atoms with Crippen molar-refractivity contribution in [1.29, 1.82) is 0 Å². The number of hydrogen-bond acceptors (Lipinski definition) is 3. The summed E-state index contributed by atoms with van der Waals surface area (Å²) >= 11 is 5.43. The van der Waals surface area contributed by atoms with Gasteiger partial charge in [0.1, 0.15) is 5.38 Å². The quantitative estimate of drug-likeness (QED) is 0.320. The number of ether oxygens (including phenoxy) is 1. The number of halogens is 1. The molecule has 0 aromatic heterocycles. The number of carboxylic acids is 1. The molecule has 0 aromatic rings. The third kappa shape index (κ3) is 5.59. The normalized spacial score (nSPS) is 11.9. The molecular formula is C9H13ClO4. The van der Waals surface area contributed by atoms with Crippen molar-refractivity contribution in [2.45, 2.75) is 25.1 Å². The van der Waals surface area contributed by atoms with Gasteiger partial charge in [-0.1, -0.05) is 6.58 Å². The minimum Gasteiger partial charge on any atom is -0.478 e. The zero-order valence-electron chi connectivity index (χ0n) is 7.96. The van der Waals surface area contributed by atoms with Gasteiger partial charge >= 0.3 is 11.9 Å². The van der Waals surface area contributed by atoms with Gasteiger partial charge in [0.2, 0.25) is 0 Å². The summed E-state index contributed by atoms with van der Waals surface area (Å²) in [6.07, 6.45) is 0.750. The molecular weight excluding hydrogens is 208 g/mol. The van der Waals surface area contributed by atoms with Gasteiger partial charge in [0, 0.05) is 5.57 Å². The molecule has 0 aromatic carbocycles. The van der Waals surface area contributed by atoms with Crippen molar-refractivity contribution in [1.82, 2.24) is 0 Å². The van der Waals surface area contributed by atoms with Gasteiger partial charge in [0.25, 0.3) is 0 Å². The first-order chi connectivity index (χ1) is 6.45. The molecule has 14 heavy (non-hydrogen) atoms. The Bertz CT molecular complexity index is 235. The number of rotatable bonds is 6. The van der Waals surface area contributed by atoms with E-state index in [4.69, 9.17) is 21.4 Å². The van der Waals surface area contributed by atoms with Gasteiger partial charge in [0.15, 0.2) is 0 Å². The van der Waals surface area contributed by atoms with Gasteiger partial charge in [-0.05, 0) is 19.8 Å². The van der Waals surface area contributed by atoms with Gasteiger partial charge < -0.3 is 9.84 Å². The molecule has 80 valence electrons. The second-order valence-corrected chi connectivity index (χ2v) is 3.45. The van der Waals surface area contributed by atoms with Crippen LogP contribution in [0.1, 0.15) is 19.8 Å². The summed E-state index contributed by atoms with van der Waals surface area (Å²) in [5.41, 5.74) is 0.111. The molecule has 0 radical (unpaired) electrons. The zero-order chi connectivity index (χ0) is 11.1. The number of alkyl halides is 1. The largest absolute Gasteiger partial charge is 0.478 e. The van der Waals surface area contributed by atoms with Crippen molar-refractivity contribution in [3.8, 4) is 0 Å². The molecule has 0 aliphatic heterocycles. The van der Waals surface area contributed by atoms with E-state index in [0.717, 1.165) is 0 Å². The van der Waals surface area contributed by atoms with Crippen LogP contribution in [0.2, 0.25) is 0 Å². The van der Waals surface area contributed by atoms with Crippen LogP contribution in [0.25, 0.3) is 0 Å². The lowest BCUT2D eigenvalue weighted by molar-refractivity contribution is -0.142. The van der Waals surface area contributed by atoms with Gasteiger partial charge in [-0.3, -0.25) is 4.79 Å². The van der Waals surface area contributed by atoms with E-state index in [1.165, 1.54) is 6.92 Å². The highest BCUT2D eigenvalue weighted by atomic mass is 35.5. The molecule has 0 saturated carbocycles. The monoisotopic (exact) mass is 220 g/mol. The van der Waals surface area contributed by atoms with E-state index in [-0.39, 0.29) is 12.2 Å².